The normalized spacial score (nSPS) is 22.2. The van der Waals surface area contributed by atoms with Crippen LogP contribution >= 0.6 is 11.8 Å². The Hall–Kier alpha value is -2.80. The van der Waals surface area contributed by atoms with E-state index < -0.39 is 6.10 Å². The summed E-state index contributed by atoms with van der Waals surface area (Å²) in [7, 11) is 0. The number of carbonyl (C=O) groups excluding carboxylic acids is 2. The Morgan fingerprint density at radius 1 is 1.23 bits per heavy atom. The second kappa shape index (κ2) is 8.52. The van der Waals surface area contributed by atoms with Crippen molar-refractivity contribution < 1.29 is 14.3 Å². The van der Waals surface area contributed by atoms with Crippen molar-refractivity contribution in [2.45, 2.75) is 39.3 Å². The third-order valence-corrected chi connectivity index (χ3v) is 6.41. The van der Waals surface area contributed by atoms with Crippen molar-refractivity contribution in [2.24, 2.45) is 4.99 Å². The molecule has 2 amide bonds. The standard InChI is InChI=1S/C23H25N3O3S/c1-4-18-14-30-23(24-17-9-7-8-15(2)12-17)26(18)21(27)13-25-19-10-5-6-11-20(19)29-16(3)22(25)28/h5-12,16,18H,4,13-14H2,1-3H3. The minimum absolute atomic E-state index is 0.0343. The molecule has 6 nitrogen and oxygen atoms in total. The number of amidine groups is 1. The Morgan fingerprint density at radius 2 is 2.03 bits per heavy atom. The second-order valence-corrected chi connectivity index (χ2v) is 8.51. The van der Waals surface area contributed by atoms with Crippen molar-refractivity contribution in [2.75, 3.05) is 17.2 Å². The minimum atomic E-state index is -0.622. The van der Waals surface area contributed by atoms with Crippen LogP contribution in [0.5, 0.6) is 5.75 Å². The number of carbonyl (C=O) groups is 2. The lowest BCUT2D eigenvalue weighted by molar-refractivity contribution is -0.131. The number of nitrogens with zero attached hydrogens (tertiary/aromatic N) is 3. The van der Waals surface area contributed by atoms with Gasteiger partial charge in [0, 0.05) is 11.8 Å². The third-order valence-electron chi connectivity index (χ3n) is 5.31. The van der Waals surface area contributed by atoms with Gasteiger partial charge < -0.3 is 4.74 Å². The molecule has 2 aliphatic rings. The number of aliphatic imine (C=N–C) groups is 1. The number of benzene rings is 2. The van der Waals surface area contributed by atoms with E-state index in [1.807, 2.05) is 55.5 Å². The van der Waals surface area contributed by atoms with Crippen LogP contribution < -0.4 is 9.64 Å². The molecule has 0 aliphatic carbocycles. The maximum atomic E-state index is 13.4. The molecule has 4 rings (SSSR count). The molecule has 2 aromatic rings. The summed E-state index contributed by atoms with van der Waals surface area (Å²) < 4.78 is 5.69. The van der Waals surface area contributed by atoms with Crippen molar-refractivity contribution in [1.82, 2.24) is 4.90 Å². The first-order valence-corrected chi connectivity index (χ1v) is 11.1. The van der Waals surface area contributed by atoms with Crippen molar-refractivity contribution in [3.63, 3.8) is 0 Å². The van der Waals surface area contributed by atoms with Gasteiger partial charge in [-0.1, -0.05) is 43.0 Å². The second-order valence-electron chi connectivity index (χ2n) is 7.52. The first kappa shape index (κ1) is 20.5. The largest absolute Gasteiger partial charge is 0.479 e. The summed E-state index contributed by atoms with van der Waals surface area (Å²) in [6, 6.07) is 15.3. The molecule has 0 spiro atoms. The Morgan fingerprint density at radius 3 is 2.80 bits per heavy atom. The van der Waals surface area contributed by atoms with E-state index in [0.29, 0.717) is 16.6 Å². The molecule has 0 saturated carbocycles. The summed E-state index contributed by atoms with van der Waals surface area (Å²) in [5.41, 5.74) is 2.58. The van der Waals surface area contributed by atoms with E-state index in [1.165, 1.54) is 4.90 Å². The molecule has 2 aliphatic heterocycles. The van der Waals surface area contributed by atoms with Crippen LogP contribution in [0, 0.1) is 6.92 Å². The number of para-hydroxylation sites is 2. The molecule has 2 atom stereocenters. The zero-order chi connectivity index (χ0) is 21.3. The van der Waals surface area contributed by atoms with Gasteiger partial charge in [-0.3, -0.25) is 19.4 Å². The number of fused-ring (bicyclic) bond motifs is 1. The highest BCUT2D eigenvalue weighted by Gasteiger charge is 2.38. The van der Waals surface area contributed by atoms with Crippen LogP contribution in [0.1, 0.15) is 25.8 Å². The van der Waals surface area contributed by atoms with Crippen LogP contribution in [-0.4, -0.2) is 46.3 Å². The van der Waals surface area contributed by atoms with Crippen LogP contribution in [0.4, 0.5) is 11.4 Å². The van der Waals surface area contributed by atoms with Crippen molar-refractivity contribution in [3.05, 3.63) is 54.1 Å². The Labute approximate surface area is 180 Å². The van der Waals surface area contributed by atoms with Gasteiger partial charge >= 0.3 is 0 Å². The van der Waals surface area contributed by atoms with E-state index in [9.17, 15) is 9.59 Å². The van der Waals surface area contributed by atoms with Crippen LogP contribution in [0.3, 0.4) is 0 Å². The van der Waals surface area contributed by atoms with Crippen LogP contribution in [0.25, 0.3) is 0 Å². The topological polar surface area (TPSA) is 62.2 Å². The van der Waals surface area contributed by atoms with Gasteiger partial charge in [0.1, 0.15) is 12.3 Å². The van der Waals surface area contributed by atoms with Gasteiger partial charge in [0.25, 0.3) is 5.91 Å². The molecule has 0 aromatic heterocycles. The van der Waals surface area contributed by atoms with Crippen molar-refractivity contribution in [3.8, 4) is 5.75 Å². The molecule has 1 fully saturated rings. The van der Waals surface area contributed by atoms with Gasteiger partial charge in [0.05, 0.1) is 11.4 Å². The number of hydrogen-bond acceptors (Lipinski definition) is 5. The highest BCUT2D eigenvalue weighted by molar-refractivity contribution is 8.14. The number of amides is 2. The fourth-order valence-electron chi connectivity index (χ4n) is 3.71. The molecule has 0 radical (unpaired) electrons. The number of thioether (sulfide) groups is 1. The zero-order valence-electron chi connectivity index (χ0n) is 17.4. The molecule has 0 N–H and O–H groups in total. The van der Waals surface area contributed by atoms with Gasteiger partial charge in [0.15, 0.2) is 11.3 Å². The Balaban J connectivity index is 1.62. The quantitative estimate of drug-likeness (QED) is 0.741. The van der Waals surface area contributed by atoms with Crippen molar-refractivity contribution >= 4 is 40.1 Å². The molecule has 0 bridgehead atoms. The summed E-state index contributed by atoms with van der Waals surface area (Å²) >= 11 is 1.59. The first-order valence-electron chi connectivity index (χ1n) is 10.1. The van der Waals surface area contributed by atoms with E-state index in [0.717, 1.165) is 23.4 Å². The maximum absolute atomic E-state index is 13.4. The molecule has 30 heavy (non-hydrogen) atoms. The number of hydrogen-bond donors (Lipinski definition) is 0. The molecule has 1 saturated heterocycles. The monoisotopic (exact) mass is 423 g/mol. The number of aryl methyl sites for hydroxylation is 1. The number of anilines is 1. The smallest absolute Gasteiger partial charge is 0.268 e. The van der Waals surface area contributed by atoms with Crippen LogP contribution in [0.15, 0.2) is 53.5 Å². The van der Waals surface area contributed by atoms with Crippen molar-refractivity contribution in [1.29, 1.82) is 0 Å². The highest BCUT2D eigenvalue weighted by Crippen LogP contribution is 2.35. The van der Waals surface area contributed by atoms with Gasteiger partial charge in [-0.15, -0.1) is 0 Å². The van der Waals surface area contributed by atoms with E-state index in [-0.39, 0.29) is 24.4 Å². The first-order chi connectivity index (χ1) is 14.5. The minimum Gasteiger partial charge on any atom is -0.479 e. The van der Waals surface area contributed by atoms with Crippen LogP contribution in [0.2, 0.25) is 0 Å². The van der Waals surface area contributed by atoms with E-state index in [2.05, 4.69) is 6.92 Å². The summed E-state index contributed by atoms with van der Waals surface area (Å²) in [4.78, 5) is 34.3. The zero-order valence-corrected chi connectivity index (χ0v) is 18.2. The summed E-state index contributed by atoms with van der Waals surface area (Å²) in [5, 5.41) is 0.694. The summed E-state index contributed by atoms with van der Waals surface area (Å²) in [6.07, 6.45) is 0.207. The van der Waals surface area contributed by atoms with E-state index >= 15 is 0 Å². The van der Waals surface area contributed by atoms with Gasteiger partial charge in [-0.05, 0) is 50.1 Å². The predicted molar refractivity (Wildman–Crippen MR) is 121 cm³/mol. The lowest BCUT2D eigenvalue weighted by Gasteiger charge is -2.34. The fraction of sp³-hybridized carbons (Fsp3) is 0.348. The Kier molecular flexibility index (Phi) is 5.81. The molecular formula is C23H25N3O3S. The molecule has 2 aromatic carbocycles. The average molecular weight is 424 g/mol. The summed E-state index contributed by atoms with van der Waals surface area (Å²) in [6.45, 7) is 5.76. The van der Waals surface area contributed by atoms with Gasteiger partial charge in [-0.25, -0.2) is 4.99 Å². The maximum Gasteiger partial charge on any atom is 0.268 e. The molecule has 7 heteroatoms. The van der Waals surface area contributed by atoms with Crippen LogP contribution in [-0.2, 0) is 9.59 Å². The highest BCUT2D eigenvalue weighted by atomic mass is 32.2. The third kappa shape index (κ3) is 3.94. The molecule has 2 unspecified atom stereocenters. The van der Waals surface area contributed by atoms with Gasteiger partial charge in [0.2, 0.25) is 5.91 Å². The lowest BCUT2D eigenvalue weighted by Crippen LogP contribution is -2.51. The number of rotatable bonds is 4. The molecular weight excluding hydrogens is 398 g/mol. The average Bonchev–Trinajstić information content (AvgIpc) is 3.14. The predicted octanol–water partition coefficient (Wildman–Crippen LogP) is 4.15. The lowest BCUT2D eigenvalue weighted by atomic mass is 10.1. The van der Waals surface area contributed by atoms with E-state index in [4.69, 9.17) is 9.73 Å². The van der Waals surface area contributed by atoms with Gasteiger partial charge in [-0.2, -0.15) is 0 Å². The molecule has 156 valence electrons. The van der Waals surface area contributed by atoms with E-state index in [1.54, 1.807) is 23.6 Å². The summed E-state index contributed by atoms with van der Waals surface area (Å²) in [5.74, 6) is 1.08. The number of ether oxygens (including phenoxy) is 1. The fourth-order valence-corrected chi connectivity index (χ4v) is 5.00. The Bertz CT molecular complexity index is 1010. The molecule has 2 heterocycles. The SMILES string of the molecule is CCC1CSC(=Nc2cccc(C)c2)N1C(=O)CN1C(=O)C(C)Oc2ccccc21.